The third kappa shape index (κ3) is 4.10. The van der Waals surface area contributed by atoms with E-state index < -0.39 is 0 Å². The molecule has 0 aliphatic carbocycles. The molecule has 1 aromatic carbocycles. The molecule has 0 bridgehead atoms. The minimum Gasteiger partial charge on any atom is -0.493 e. The lowest BCUT2D eigenvalue weighted by Gasteiger charge is -2.15. The van der Waals surface area contributed by atoms with Gasteiger partial charge in [0, 0.05) is 30.7 Å². The van der Waals surface area contributed by atoms with Gasteiger partial charge < -0.3 is 19.3 Å². The molecule has 0 radical (unpaired) electrons. The van der Waals surface area contributed by atoms with Gasteiger partial charge in [0.1, 0.15) is 12.0 Å². The Morgan fingerprint density at radius 2 is 2.35 bits per heavy atom. The summed E-state index contributed by atoms with van der Waals surface area (Å²) in [6.45, 7) is 4.59. The summed E-state index contributed by atoms with van der Waals surface area (Å²) >= 11 is 0. The molecule has 3 rings (SSSR count). The zero-order valence-electron chi connectivity index (χ0n) is 13.1. The largest absolute Gasteiger partial charge is 0.493 e. The number of aryl methyl sites for hydroxylation is 1. The average molecular weight is 316 g/mol. The van der Waals surface area contributed by atoms with Gasteiger partial charge in [-0.1, -0.05) is 17.3 Å². The van der Waals surface area contributed by atoms with Gasteiger partial charge in [0.2, 0.25) is 0 Å². The van der Waals surface area contributed by atoms with Crippen LogP contribution < -0.4 is 10.1 Å². The first kappa shape index (κ1) is 15.6. The van der Waals surface area contributed by atoms with Crippen molar-refractivity contribution >= 4 is 5.91 Å². The number of hydrogen-bond acceptors (Lipinski definition) is 5. The number of nitrogens with zero attached hydrogens (tertiary/aromatic N) is 1. The summed E-state index contributed by atoms with van der Waals surface area (Å²) in [4.78, 5) is 11.9. The second kappa shape index (κ2) is 7.28. The van der Waals surface area contributed by atoms with E-state index in [1.807, 2.05) is 25.1 Å². The number of carbonyl (C=O) groups is 1. The molecule has 2 aromatic rings. The monoisotopic (exact) mass is 316 g/mol. The first-order chi connectivity index (χ1) is 11.2. The number of hydrogen-bond donors (Lipinski definition) is 1. The van der Waals surface area contributed by atoms with Crippen molar-refractivity contribution < 1.29 is 18.8 Å². The Morgan fingerprint density at radius 3 is 3.09 bits per heavy atom. The standard InChI is InChI=1S/C17H20N2O4/c1-12-2-3-14(9-18-17(20)15-5-7-23-19-15)16(8-12)22-11-13-4-6-21-10-13/h2-3,5,7-8,13H,4,6,9-11H2,1H3,(H,18,20). The van der Waals surface area contributed by atoms with Crippen LogP contribution >= 0.6 is 0 Å². The fraction of sp³-hybridized carbons (Fsp3) is 0.412. The van der Waals surface area contributed by atoms with Gasteiger partial charge in [0.25, 0.3) is 5.91 Å². The van der Waals surface area contributed by atoms with E-state index in [0.29, 0.717) is 19.1 Å². The Balaban J connectivity index is 1.62. The van der Waals surface area contributed by atoms with E-state index in [9.17, 15) is 4.79 Å². The Labute approximate surface area is 134 Å². The van der Waals surface area contributed by atoms with Crippen LogP contribution in [-0.4, -0.2) is 30.9 Å². The Kier molecular flexibility index (Phi) is 4.92. The van der Waals surface area contributed by atoms with E-state index in [2.05, 4.69) is 15.0 Å². The number of ether oxygens (including phenoxy) is 2. The van der Waals surface area contributed by atoms with Crippen LogP contribution in [0.3, 0.4) is 0 Å². The van der Waals surface area contributed by atoms with Crippen LogP contribution in [-0.2, 0) is 11.3 Å². The van der Waals surface area contributed by atoms with E-state index in [4.69, 9.17) is 9.47 Å². The first-order valence-electron chi connectivity index (χ1n) is 7.71. The number of nitrogens with one attached hydrogen (secondary N) is 1. The van der Waals surface area contributed by atoms with E-state index in [1.54, 1.807) is 0 Å². The molecule has 0 saturated carbocycles. The second-order valence-corrected chi connectivity index (χ2v) is 5.72. The van der Waals surface area contributed by atoms with Crippen LogP contribution in [0.2, 0.25) is 0 Å². The minimum atomic E-state index is -0.269. The minimum absolute atomic E-state index is 0.266. The molecular formula is C17H20N2O4. The first-order valence-corrected chi connectivity index (χ1v) is 7.71. The van der Waals surface area contributed by atoms with Crippen molar-refractivity contribution in [3.63, 3.8) is 0 Å². The smallest absolute Gasteiger partial charge is 0.273 e. The number of amides is 1. The van der Waals surface area contributed by atoms with Gasteiger partial charge in [-0.05, 0) is 25.0 Å². The highest BCUT2D eigenvalue weighted by atomic mass is 16.5. The van der Waals surface area contributed by atoms with Gasteiger partial charge >= 0.3 is 0 Å². The summed E-state index contributed by atoms with van der Waals surface area (Å²) in [6.07, 6.45) is 2.41. The predicted octanol–water partition coefficient (Wildman–Crippen LogP) is 2.33. The summed E-state index contributed by atoms with van der Waals surface area (Å²) in [5.41, 5.74) is 2.32. The molecule has 1 N–H and O–H groups in total. The van der Waals surface area contributed by atoms with Crippen molar-refractivity contribution in [3.05, 3.63) is 47.3 Å². The van der Waals surface area contributed by atoms with Crippen molar-refractivity contribution in [2.24, 2.45) is 5.92 Å². The molecule has 1 aromatic heterocycles. The van der Waals surface area contributed by atoms with Crippen molar-refractivity contribution in [3.8, 4) is 5.75 Å². The van der Waals surface area contributed by atoms with Crippen molar-refractivity contribution in [1.82, 2.24) is 10.5 Å². The molecule has 122 valence electrons. The Hall–Kier alpha value is -2.34. The maximum Gasteiger partial charge on any atom is 0.273 e. The third-order valence-corrected chi connectivity index (χ3v) is 3.83. The van der Waals surface area contributed by atoms with Crippen LogP contribution in [0.25, 0.3) is 0 Å². The topological polar surface area (TPSA) is 73.6 Å². The summed E-state index contributed by atoms with van der Waals surface area (Å²) in [7, 11) is 0. The molecule has 6 nitrogen and oxygen atoms in total. The molecular weight excluding hydrogens is 296 g/mol. The number of aromatic nitrogens is 1. The SMILES string of the molecule is Cc1ccc(CNC(=O)c2ccon2)c(OCC2CCOC2)c1. The molecule has 1 amide bonds. The summed E-state index contributed by atoms with van der Waals surface area (Å²) < 4.78 is 16.0. The van der Waals surface area contributed by atoms with Crippen molar-refractivity contribution in [2.45, 2.75) is 19.9 Å². The molecule has 6 heteroatoms. The molecule has 1 atom stereocenters. The van der Waals surface area contributed by atoms with E-state index in [0.717, 1.165) is 36.5 Å². The fourth-order valence-corrected chi connectivity index (χ4v) is 2.46. The highest BCUT2D eigenvalue weighted by Crippen LogP contribution is 2.22. The third-order valence-electron chi connectivity index (χ3n) is 3.83. The lowest BCUT2D eigenvalue weighted by atomic mass is 10.1. The molecule has 23 heavy (non-hydrogen) atoms. The molecule has 1 unspecified atom stereocenters. The second-order valence-electron chi connectivity index (χ2n) is 5.72. The molecule has 2 heterocycles. The van der Waals surface area contributed by atoms with E-state index in [1.165, 1.54) is 12.3 Å². The van der Waals surface area contributed by atoms with Crippen LogP contribution in [0.5, 0.6) is 5.75 Å². The van der Waals surface area contributed by atoms with Gasteiger partial charge in [-0.15, -0.1) is 0 Å². The number of rotatable bonds is 6. The van der Waals surface area contributed by atoms with Crippen molar-refractivity contribution in [2.75, 3.05) is 19.8 Å². The number of benzene rings is 1. The molecule has 0 spiro atoms. The summed E-state index contributed by atoms with van der Waals surface area (Å²) in [5, 5.41) is 6.44. The average Bonchev–Trinajstić information content (AvgIpc) is 3.25. The van der Waals surface area contributed by atoms with Crippen LogP contribution in [0.4, 0.5) is 0 Å². The lowest BCUT2D eigenvalue weighted by molar-refractivity contribution is 0.0941. The molecule has 1 aliphatic heterocycles. The zero-order chi connectivity index (χ0) is 16.1. The number of carbonyl (C=O) groups excluding carboxylic acids is 1. The van der Waals surface area contributed by atoms with Crippen LogP contribution in [0.15, 0.2) is 35.1 Å². The van der Waals surface area contributed by atoms with Gasteiger partial charge in [-0.2, -0.15) is 0 Å². The quantitative estimate of drug-likeness (QED) is 0.885. The van der Waals surface area contributed by atoms with Crippen molar-refractivity contribution in [1.29, 1.82) is 0 Å². The summed E-state index contributed by atoms with van der Waals surface area (Å²) in [6, 6.07) is 7.50. The molecule has 1 aliphatic rings. The lowest BCUT2D eigenvalue weighted by Crippen LogP contribution is -2.23. The van der Waals surface area contributed by atoms with E-state index >= 15 is 0 Å². The maximum absolute atomic E-state index is 11.9. The molecule has 1 saturated heterocycles. The highest BCUT2D eigenvalue weighted by Gasteiger charge is 2.17. The van der Waals surface area contributed by atoms with Gasteiger partial charge in [0.05, 0.1) is 13.2 Å². The summed E-state index contributed by atoms with van der Waals surface area (Å²) in [5.74, 6) is 0.972. The normalized spacial score (nSPS) is 17.2. The highest BCUT2D eigenvalue weighted by molar-refractivity contribution is 5.91. The maximum atomic E-state index is 11.9. The van der Waals surface area contributed by atoms with E-state index in [-0.39, 0.29) is 11.6 Å². The van der Waals surface area contributed by atoms with Gasteiger partial charge in [0.15, 0.2) is 5.69 Å². The Bertz CT molecular complexity index is 649. The van der Waals surface area contributed by atoms with Crippen LogP contribution in [0.1, 0.15) is 28.0 Å². The van der Waals surface area contributed by atoms with Gasteiger partial charge in [-0.25, -0.2) is 0 Å². The molecule has 1 fully saturated rings. The van der Waals surface area contributed by atoms with Crippen LogP contribution in [0, 0.1) is 12.8 Å². The predicted molar refractivity (Wildman–Crippen MR) is 83.3 cm³/mol. The fourth-order valence-electron chi connectivity index (χ4n) is 2.46. The van der Waals surface area contributed by atoms with Gasteiger partial charge in [-0.3, -0.25) is 4.79 Å². The Morgan fingerprint density at radius 1 is 1.43 bits per heavy atom. The zero-order valence-corrected chi connectivity index (χ0v) is 13.1.